The minimum Gasteiger partial charge on any atom is -0.392 e. The number of rotatable bonds is 1. The Hall–Kier alpha value is -1.11. The van der Waals surface area contributed by atoms with E-state index < -0.39 is 0 Å². The Morgan fingerprint density at radius 2 is 2.45 bits per heavy atom. The normalized spacial score (nSPS) is 9.18. The van der Waals surface area contributed by atoms with E-state index in [9.17, 15) is 0 Å². The summed E-state index contributed by atoms with van der Waals surface area (Å²) in [6.45, 7) is -0.113. The third-order valence-electron chi connectivity index (χ3n) is 1.19. The molecule has 0 fully saturated rings. The first-order valence-electron chi connectivity index (χ1n) is 2.93. The van der Waals surface area contributed by atoms with Gasteiger partial charge in [-0.25, -0.2) is 4.98 Å². The van der Waals surface area contributed by atoms with E-state index in [1.54, 1.807) is 0 Å². The molecule has 0 aliphatic rings. The fourth-order valence-electron chi connectivity index (χ4n) is 0.646. The minimum atomic E-state index is -0.113. The van der Waals surface area contributed by atoms with Crippen LogP contribution in [0.4, 0.5) is 0 Å². The molecule has 56 valence electrons. The van der Waals surface area contributed by atoms with Gasteiger partial charge in [-0.3, -0.25) is 0 Å². The van der Waals surface area contributed by atoms with Gasteiger partial charge in [-0.15, -0.1) is 0 Å². The molecule has 3 nitrogen and oxygen atoms in total. The van der Waals surface area contributed by atoms with Crippen LogP contribution in [0.2, 0.25) is 5.02 Å². The molecular formula is C7H5ClN2O. The van der Waals surface area contributed by atoms with Crippen LogP contribution in [0.25, 0.3) is 0 Å². The predicted molar refractivity (Wildman–Crippen MR) is 39.9 cm³/mol. The number of aliphatic hydroxyl groups excluding tert-OH is 1. The van der Waals surface area contributed by atoms with Crippen molar-refractivity contribution in [3.05, 3.63) is 28.5 Å². The molecule has 1 rings (SSSR count). The van der Waals surface area contributed by atoms with Gasteiger partial charge in [0.2, 0.25) is 0 Å². The lowest BCUT2D eigenvalue weighted by Crippen LogP contribution is -1.88. The van der Waals surface area contributed by atoms with Crippen LogP contribution in [0.5, 0.6) is 0 Å². The van der Waals surface area contributed by atoms with E-state index in [4.69, 9.17) is 22.0 Å². The second kappa shape index (κ2) is 3.33. The van der Waals surface area contributed by atoms with Crippen LogP contribution in [-0.4, -0.2) is 10.1 Å². The van der Waals surface area contributed by atoms with E-state index in [2.05, 4.69) is 4.98 Å². The number of hydrogen-bond donors (Lipinski definition) is 1. The molecular weight excluding hydrogens is 164 g/mol. The molecule has 4 heteroatoms. The molecule has 0 atom stereocenters. The highest BCUT2D eigenvalue weighted by Crippen LogP contribution is 2.13. The van der Waals surface area contributed by atoms with Crippen molar-refractivity contribution < 1.29 is 5.11 Å². The Morgan fingerprint density at radius 1 is 1.73 bits per heavy atom. The topological polar surface area (TPSA) is 56.9 Å². The Kier molecular flexibility index (Phi) is 2.42. The predicted octanol–water partition coefficient (Wildman–Crippen LogP) is 1.10. The number of nitrogens with zero attached hydrogens (tertiary/aromatic N) is 2. The van der Waals surface area contributed by atoms with Gasteiger partial charge in [0.25, 0.3) is 0 Å². The van der Waals surface area contributed by atoms with Crippen molar-refractivity contribution in [2.45, 2.75) is 6.61 Å². The highest BCUT2D eigenvalue weighted by Gasteiger charge is 2.00. The summed E-state index contributed by atoms with van der Waals surface area (Å²) in [6, 6.07) is 3.34. The maximum atomic E-state index is 8.64. The zero-order valence-electron chi connectivity index (χ0n) is 5.58. The molecule has 0 unspecified atom stereocenters. The summed E-state index contributed by atoms with van der Waals surface area (Å²) in [5.74, 6) is 0. The fourth-order valence-corrected chi connectivity index (χ4v) is 0.877. The van der Waals surface area contributed by atoms with E-state index in [0.717, 1.165) is 0 Å². The maximum Gasteiger partial charge on any atom is 0.159 e. The number of halogens is 1. The van der Waals surface area contributed by atoms with Crippen LogP contribution in [-0.2, 0) is 6.61 Å². The molecule has 0 aliphatic heterocycles. The number of aromatic nitrogens is 1. The summed E-state index contributed by atoms with van der Waals surface area (Å²) in [7, 11) is 0. The van der Waals surface area contributed by atoms with E-state index >= 15 is 0 Å². The SMILES string of the molecule is N#Cc1ncc(CO)cc1Cl. The molecule has 1 aromatic heterocycles. The van der Waals surface area contributed by atoms with Gasteiger partial charge in [-0.2, -0.15) is 5.26 Å². The highest BCUT2D eigenvalue weighted by atomic mass is 35.5. The van der Waals surface area contributed by atoms with Gasteiger partial charge >= 0.3 is 0 Å². The van der Waals surface area contributed by atoms with Crippen LogP contribution >= 0.6 is 11.6 Å². The van der Waals surface area contributed by atoms with E-state index in [0.29, 0.717) is 5.56 Å². The monoisotopic (exact) mass is 168 g/mol. The van der Waals surface area contributed by atoms with Crippen LogP contribution < -0.4 is 0 Å². The van der Waals surface area contributed by atoms with Crippen molar-refractivity contribution >= 4 is 11.6 Å². The first kappa shape index (κ1) is 7.99. The lowest BCUT2D eigenvalue weighted by Gasteiger charge is -1.96. The second-order valence-electron chi connectivity index (χ2n) is 1.94. The summed E-state index contributed by atoms with van der Waals surface area (Å²) in [6.07, 6.45) is 1.42. The second-order valence-corrected chi connectivity index (χ2v) is 2.35. The number of pyridine rings is 1. The number of hydrogen-bond acceptors (Lipinski definition) is 3. The van der Waals surface area contributed by atoms with Crippen molar-refractivity contribution in [1.29, 1.82) is 5.26 Å². The summed E-state index contributed by atoms with van der Waals surface area (Å²) < 4.78 is 0. The molecule has 1 aromatic rings. The average molecular weight is 169 g/mol. The maximum absolute atomic E-state index is 8.64. The number of aliphatic hydroxyl groups is 1. The first-order chi connectivity index (χ1) is 5.27. The molecule has 0 saturated heterocycles. The Morgan fingerprint density at radius 3 is 2.91 bits per heavy atom. The lowest BCUT2D eigenvalue weighted by molar-refractivity contribution is 0.281. The van der Waals surface area contributed by atoms with Crippen LogP contribution in [0.15, 0.2) is 12.3 Å². The van der Waals surface area contributed by atoms with Crippen molar-refractivity contribution in [2.24, 2.45) is 0 Å². The summed E-state index contributed by atoms with van der Waals surface area (Å²) >= 11 is 5.61. The van der Waals surface area contributed by atoms with Crippen LogP contribution in [0.1, 0.15) is 11.3 Å². The molecule has 0 aromatic carbocycles. The van der Waals surface area contributed by atoms with E-state index in [1.807, 2.05) is 6.07 Å². The average Bonchev–Trinajstić information content (AvgIpc) is 2.04. The van der Waals surface area contributed by atoms with Gasteiger partial charge in [-0.1, -0.05) is 11.6 Å². The van der Waals surface area contributed by atoms with Gasteiger partial charge in [0.05, 0.1) is 11.6 Å². The van der Waals surface area contributed by atoms with Gasteiger partial charge in [0, 0.05) is 6.20 Å². The Labute approximate surface area is 68.9 Å². The van der Waals surface area contributed by atoms with E-state index in [1.165, 1.54) is 12.3 Å². The first-order valence-corrected chi connectivity index (χ1v) is 3.31. The standard InChI is InChI=1S/C7H5ClN2O/c8-6-1-5(4-11)3-10-7(6)2-9/h1,3,11H,4H2. The molecule has 0 amide bonds. The Bertz CT molecular complexity index is 306. The third kappa shape index (κ3) is 1.67. The molecule has 1 N–H and O–H groups in total. The smallest absolute Gasteiger partial charge is 0.159 e. The van der Waals surface area contributed by atoms with Gasteiger partial charge in [0.15, 0.2) is 5.69 Å². The molecule has 1 heterocycles. The summed E-state index contributed by atoms with van der Waals surface area (Å²) in [5, 5.41) is 17.3. The molecule has 0 saturated carbocycles. The van der Waals surface area contributed by atoms with Crippen molar-refractivity contribution in [3.63, 3.8) is 0 Å². The van der Waals surface area contributed by atoms with Crippen molar-refractivity contribution in [3.8, 4) is 6.07 Å². The zero-order chi connectivity index (χ0) is 8.27. The highest BCUT2D eigenvalue weighted by molar-refractivity contribution is 6.31. The molecule has 0 spiro atoms. The lowest BCUT2D eigenvalue weighted by atomic mass is 10.3. The third-order valence-corrected chi connectivity index (χ3v) is 1.47. The van der Waals surface area contributed by atoms with Crippen LogP contribution in [0, 0.1) is 11.3 Å². The summed E-state index contributed by atoms with van der Waals surface area (Å²) in [5.41, 5.74) is 0.790. The molecule has 0 radical (unpaired) electrons. The molecule has 0 aliphatic carbocycles. The fraction of sp³-hybridized carbons (Fsp3) is 0.143. The number of nitriles is 1. The van der Waals surface area contributed by atoms with Crippen LogP contribution in [0.3, 0.4) is 0 Å². The zero-order valence-corrected chi connectivity index (χ0v) is 6.34. The quantitative estimate of drug-likeness (QED) is 0.683. The van der Waals surface area contributed by atoms with Gasteiger partial charge in [0.1, 0.15) is 6.07 Å². The van der Waals surface area contributed by atoms with Gasteiger partial charge in [-0.05, 0) is 11.6 Å². The Balaban J connectivity index is 3.12. The van der Waals surface area contributed by atoms with Gasteiger partial charge < -0.3 is 5.11 Å². The minimum absolute atomic E-state index is 0.113. The molecule has 0 bridgehead atoms. The van der Waals surface area contributed by atoms with Crippen molar-refractivity contribution in [2.75, 3.05) is 0 Å². The summed E-state index contributed by atoms with van der Waals surface area (Å²) in [4.78, 5) is 3.71. The van der Waals surface area contributed by atoms with E-state index in [-0.39, 0.29) is 17.3 Å². The van der Waals surface area contributed by atoms with Crippen molar-refractivity contribution in [1.82, 2.24) is 4.98 Å². The molecule has 11 heavy (non-hydrogen) atoms. The largest absolute Gasteiger partial charge is 0.392 e.